The highest BCUT2D eigenvalue weighted by molar-refractivity contribution is 7.89. The van der Waals surface area contributed by atoms with E-state index in [0.717, 1.165) is 34.1 Å². The summed E-state index contributed by atoms with van der Waals surface area (Å²) in [5.74, 6) is -0.487. The molecule has 1 aromatic heterocycles. The van der Waals surface area contributed by atoms with Gasteiger partial charge in [-0.3, -0.25) is 9.78 Å². The molecule has 1 aliphatic rings. The molecule has 1 fully saturated rings. The number of piperazine rings is 1. The first-order valence-electron chi connectivity index (χ1n) is 12.0. The minimum atomic E-state index is -4.15. The van der Waals surface area contributed by atoms with Gasteiger partial charge < -0.3 is 20.3 Å². The smallest absolute Gasteiger partial charge is 0.321 e. The molecule has 0 radical (unpaired) electrons. The molecule has 0 aliphatic carbocycles. The Kier molecular flexibility index (Phi) is 8.54. The molecule has 4 rings (SSSR count). The van der Waals surface area contributed by atoms with Crippen molar-refractivity contribution in [3.05, 3.63) is 84.4 Å². The Balaban J connectivity index is 1.52. The zero-order valence-corrected chi connectivity index (χ0v) is 21.5. The minimum Gasteiger partial charge on any atom is -0.494 e. The Morgan fingerprint density at radius 1 is 1.08 bits per heavy atom. The van der Waals surface area contributed by atoms with Gasteiger partial charge in [0.05, 0.1) is 11.5 Å². The summed E-state index contributed by atoms with van der Waals surface area (Å²) < 4.78 is 46.7. The first kappa shape index (κ1) is 27.0. The zero-order valence-electron chi connectivity index (χ0n) is 20.7. The van der Waals surface area contributed by atoms with Crippen molar-refractivity contribution in [1.29, 1.82) is 0 Å². The largest absolute Gasteiger partial charge is 0.494 e. The van der Waals surface area contributed by atoms with E-state index in [2.05, 4.69) is 15.6 Å². The van der Waals surface area contributed by atoms with Crippen molar-refractivity contribution in [1.82, 2.24) is 19.5 Å². The highest BCUT2D eigenvalue weighted by Crippen LogP contribution is 2.23. The van der Waals surface area contributed by atoms with Crippen molar-refractivity contribution < 1.29 is 27.1 Å². The number of ether oxygens (including phenoxy) is 1. The summed E-state index contributed by atoms with van der Waals surface area (Å²) in [6, 6.07) is 13.0. The Bertz CT molecular complexity index is 1360. The van der Waals surface area contributed by atoms with Gasteiger partial charge in [-0.2, -0.15) is 4.31 Å². The summed E-state index contributed by atoms with van der Waals surface area (Å²) in [4.78, 5) is 31.6. The number of nitrogens with zero attached hydrogens (tertiary/aromatic N) is 3. The van der Waals surface area contributed by atoms with E-state index >= 15 is 0 Å². The molecule has 1 atom stereocenters. The van der Waals surface area contributed by atoms with Gasteiger partial charge in [-0.25, -0.2) is 17.6 Å². The molecule has 1 unspecified atom stereocenters. The number of amides is 3. The summed E-state index contributed by atoms with van der Waals surface area (Å²) in [7, 11) is -4.15. The lowest BCUT2D eigenvalue weighted by Gasteiger charge is -2.39. The summed E-state index contributed by atoms with van der Waals surface area (Å²) in [5.41, 5.74) is 1.26. The Hall–Kier alpha value is -4.03. The van der Waals surface area contributed by atoms with Crippen molar-refractivity contribution in [2.24, 2.45) is 0 Å². The number of carbonyl (C=O) groups excluding carboxylic acids is 2. The predicted octanol–water partition coefficient (Wildman–Crippen LogP) is 2.84. The van der Waals surface area contributed by atoms with E-state index in [9.17, 15) is 22.4 Å². The number of carbonyl (C=O) groups is 2. The molecule has 3 amide bonds. The van der Waals surface area contributed by atoms with Crippen LogP contribution >= 0.6 is 0 Å². The molecule has 0 saturated carbocycles. The number of rotatable bonds is 8. The van der Waals surface area contributed by atoms with Gasteiger partial charge in [0.15, 0.2) is 0 Å². The lowest BCUT2D eigenvalue weighted by molar-refractivity contribution is -0.126. The normalized spacial score (nSPS) is 16.1. The first-order chi connectivity index (χ1) is 18.3. The molecule has 3 aromatic rings. The molecule has 2 N–H and O–H groups in total. The van der Waals surface area contributed by atoms with Crippen LogP contribution in [-0.4, -0.2) is 66.8 Å². The van der Waals surface area contributed by atoms with Crippen LogP contribution in [0.2, 0.25) is 0 Å². The predicted molar refractivity (Wildman–Crippen MR) is 138 cm³/mol. The highest BCUT2D eigenvalue weighted by Gasteiger charge is 2.41. The highest BCUT2D eigenvalue weighted by atomic mass is 32.2. The van der Waals surface area contributed by atoms with Crippen LogP contribution in [0.5, 0.6) is 5.75 Å². The first-order valence-corrected chi connectivity index (χ1v) is 13.4. The van der Waals surface area contributed by atoms with Gasteiger partial charge >= 0.3 is 6.03 Å². The number of urea groups is 1. The van der Waals surface area contributed by atoms with Crippen LogP contribution in [0.25, 0.3) is 0 Å². The maximum Gasteiger partial charge on any atom is 0.321 e. The number of halogens is 1. The zero-order chi connectivity index (χ0) is 27.1. The molecule has 2 heterocycles. The number of hydrogen-bond acceptors (Lipinski definition) is 6. The number of hydrogen-bond donors (Lipinski definition) is 2. The maximum absolute atomic E-state index is 13.4. The molecular weight excluding hydrogens is 513 g/mol. The molecule has 38 heavy (non-hydrogen) atoms. The van der Waals surface area contributed by atoms with Crippen LogP contribution in [-0.2, 0) is 21.4 Å². The lowest BCUT2D eigenvalue weighted by atomic mass is 10.2. The third-order valence-electron chi connectivity index (χ3n) is 5.95. The van der Waals surface area contributed by atoms with Crippen molar-refractivity contribution in [2.45, 2.75) is 24.4 Å². The van der Waals surface area contributed by atoms with Crippen LogP contribution in [0.1, 0.15) is 12.5 Å². The van der Waals surface area contributed by atoms with Crippen molar-refractivity contribution in [2.75, 3.05) is 31.6 Å². The average molecular weight is 542 g/mol. The summed E-state index contributed by atoms with van der Waals surface area (Å²) in [6.07, 6.45) is 3.19. The number of benzene rings is 2. The van der Waals surface area contributed by atoms with Crippen molar-refractivity contribution in [3.8, 4) is 5.75 Å². The molecule has 1 saturated heterocycles. The molecule has 2 aromatic carbocycles. The monoisotopic (exact) mass is 541 g/mol. The van der Waals surface area contributed by atoms with Gasteiger partial charge in [0.25, 0.3) is 0 Å². The van der Waals surface area contributed by atoms with E-state index in [4.69, 9.17) is 4.74 Å². The molecule has 0 bridgehead atoms. The molecule has 1 aliphatic heterocycles. The van der Waals surface area contributed by atoms with E-state index in [1.807, 2.05) is 6.92 Å². The Morgan fingerprint density at radius 2 is 1.82 bits per heavy atom. The number of anilines is 1. The second-order valence-electron chi connectivity index (χ2n) is 8.50. The van der Waals surface area contributed by atoms with Gasteiger partial charge in [-0.15, -0.1) is 0 Å². The number of pyridine rings is 1. The van der Waals surface area contributed by atoms with E-state index < -0.39 is 33.8 Å². The summed E-state index contributed by atoms with van der Waals surface area (Å²) >= 11 is 0. The Morgan fingerprint density at radius 3 is 2.47 bits per heavy atom. The van der Waals surface area contributed by atoms with E-state index in [0.29, 0.717) is 18.0 Å². The maximum atomic E-state index is 13.4. The van der Waals surface area contributed by atoms with Gasteiger partial charge in [0, 0.05) is 44.3 Å². The molecular formula is C26H28FN5O5S. The topological polar surface area (TPSA) is 121 Å². The fourth-order valence-corrected chi connectivity index (χ4v) is 5.58. The summed E-state index contributed by atoms with van der Waals surface area (Å²) in [5, 5.41) is 5.51. The van der Waals surface area contributed by atoms with E-state index in [1.165, 1.54) is 4.90 Å². The quantitative estimate of drug-likeness (QED) is 0.453. The second kappa shape index (κ2) is 12.0. The van der Waals surface area contributed by atoms with Crippen LogP contribution < -0.4 is 15.4 Å². The molecule has 12 heteroatoms. The molecule has 0 spiro atoms. The lowest BCUT2D eigenvalue weighted by Crippen LogP contribution is -2.61. The van der Waals surface area contributed by atoms with Gasteiger partial charge in [-0.1, -0.05) is 6.07 Å². The van der Waals surface area contributed by atoms with Gasteiger partial charge in [-0.05, 0) is 67.1 Å². The third-order valence-corrected chi connectivity index (χ3v) is 7.87. The van der Waals surface area contributed by atoms with Gasteiger partial charge in [0.2, 0.25) is 15.9 Å². The fourth-order valence-electron chi connectivity index (χ4n) is 4.01. The van der Waals surface area contributed by atoms with Crippen LogP contribution in [0.4, 0.5) is 14.9 Å². The minimum absolute atomic E-state index is 0.0513. The van der Waals surface area contributed by atoms with Crippen LogP contribution in [0.3, 0.4) is 0 Å². The SMILES string of the molecule is CCOc1ccc(NC(=O)N2CCN(S(=O)(=O)c3ccc(F)cc3)C(C(=O)NCc3cccnc3)C2)cc1. The summed E-state index contributed by atoms with van der Waals surface area (Å²) in [6.45, 7) is 2.27. The van der Waals surface area contributed by atoms with E-state index in [1.54, 1.807) is 48.8 Å². The Labute approximate surface area is 220 Å². The standard InChI is InChI=1S/C26H28FN5O5S/c1-2-37-22-9-7-21(8-10-22)30-26(34)31-14-15-32(38(35,36)23-11-5-20(27)6-12-23)24(18-31)25(33)29-17-19-4-3-13-28-16-19/h3-13,16,24H,2,14-15,17-18H2,1H3,(H,29,33)(H,30,34). The third kappa shape index (κ3) is 6.45. The van der Waals surface area contributed by atoms with Crippen molar-refractivity contribution in [3.63, 3.8) is 0 Å². The molecule has 10 nitrogen and oxygen atoms in total. The number of nitrogens with one attached hydrogen (secondary N) is 2. The second-order valence-corrected chi connectivity index (χ2v) is 10.4. The van der Waals surface area contributed by atoms with Crippen molar-refractivity contribution >= 4 is 27.6 Å². The van der Waals surface area contributed by atoms with E-state index in [-0.39, 0.29) is 31.1 Å². The fraction of sp³-hybridized carbons (Fsp3) is 0.269. The molecule has 200 valence electrons. The van der Waals surface area contributed by atoms with Crippen LogP contribution in [0.15, 0.2) is 78.0 Å². The number of aromatic nitrogens is 1. The van der Waals surface area contributed by atoms with Gasteiger partial charge in [0.1, 0.15) is 17.6 Å². The average Bonchev–Trinajstić information content (AvgIpc) is 2.93. The number of sulfonamides is 1. The van der Waals surface area contributed by atoms with Crippen LogP contribution in [0, 0.1) is 5.82 Å².